The molecule has 0 heterocycles. The molecule has 1 aromatic carbocycles. The van der Waals surface area contributed by atoms with Crippen LogP contribution in [0.25, 0.3) is 0 Å². The van der Waals surface area contributed by atoms with Gasteiger partial charge in [0.15, 0.2) is 0 Å². The molecule has 20 heavy (non-hydrogen) atoms. The topological polar surface area (TPSA) is 61.4 Å². The molecule has 2 rings (SSSR count). The smallest absolute Gasteiger partial charge is 0.315 e. The maximum Gasteiger partial charge on any atom is 0.315 e. The molecule has 0 saturated heterocycles. The van der Waals surface area contributed by atoms with E-state index in [-0.39, 0.29) is 18.6 Å². The van der Waals surface area contributed by atoms with E-state index in [0.29, 0.717) is 15.6 Å². The van der Waals surface area contributed by atoms with Crippen molar-refractivity contribution < 1.29 is 9.90 Å². The Balaban J connectivity index is 1.85. The summed E-state index contributed by atoms with van der Waals surface area (Å²) in [5.41, 5.74) is 0.429. The third-order valence-corrected chi connectivity index (χ3v) is 3.79. The minimum Gasteiger partial charge on any atom is -0.386 e. The molecule has 0 aromatic heterocycles. The molecule has 0 aliphatic heterocycles. The molecular weight excluding hydrogens is 299 g/mol. The number of rotatable bonds is 4. The number of aliphatic hydroxyl groups is 1. The molecular formula is C14H16Cl2N2O2. The fraction of sp³-hybridized carbons (Fsp3) is 0.357. The van der Waals surface area contributed by atoms with E-state index in [1.54, 1.807) is 18.2 Å². The lowest BCUT2D eigenvalue weighted by atomic mass is 10.1. The second kappa shape index (κ2) is 6.97. The van der Waals surface area contributed by atoms with E-state index in [0.717, 1.165) is 12.8 Å². The lowest BCUT2D eigenvalue weighted by Gasteiger charge is -2.17. The fourth-order valence-corrected chi connectivity index (χ4v) is 2.74. The van der Waals surface area contributed by atoms with Crippen LogP contribution in [0.2, 0.25) is 10.0 Å². The Bertz CT molecular complexity index is 492. The second-order valence-electron chi connectivity index (χ2n) is 4.65. The predicted octanol–water partition coefficient (Wildman–Crippen LogP) is 3.04. The second-order valence-corrected chi connectivity index (χ2v) is 5.46. The van der Waals surface area contributed by atoms with Crippen molar-refractivity contribution in [3.05, 3.63) is 46.0 Å². The molecule has 1 aromatic rings. The summed E-state index contributed by atoms with van der Waals surface area (Å²) in [5, 5.41) is 16.3. The van der Waals surface area contributed by atoms with Gasteiger partial charge in [-0.05, 0) is 25.0 Å². The normalized spacial score (nSPS) is 16.1. The van der Waals surface area contributed by atoms with E-state index >= 15 is 0 Å². The highest BCUT2D eigenvalue weighted by Crippen LogP contribution is 2.29. The minimum atomic E-state index is -0.941. The third-order valence-electron chi connectivity index (χ3n) is 3.13. The molecule has 1 unspecified atom stereocenters. The van der Waals surface area contributed by atoms with Gasteiger partial charge < -0.3 is 15.7 Å². The number of hydrogen-bond acceptors (Lipinski definition) is 2. The number of benzene rings is 1. The van der Waals surface area contributed by atoms with Crippen molar-refractivity contribution in [2.45, 2.75) is 25.0 Å². The first-order valence-corrected chi connectivity index (χ1v) is 7.15. The number of carbonyl (C=O) groups is 1. The van der Waals surface area contributed by atoms with Crippen molar-refractivity contribution in [2.75, 3.05) is 6.54 Å². The van der Waals surface area contributed by atoms with Crippen LogP contribution in [-0.4, -0.2) is 23.7 Å². The summed E-state index contributed by atoms with van der Waals surface area (Å²) in [6, 6.07) is 4.83. The molecule has 0 radical (unpaired) electrons. The molecule has 3 N–H and O–H groups in total. The zero-order valence-electron chi connectivity index (χ0n) is 10.8. The first-order chi connectivity index (χ1) is 9.58. The van der Waals surface area contributed by atoms with Crippen LogP contribution in [-0.2, 0) is 0 Å². The van der Waals surface area contributed by atoms with Crippen molar-refractivity contribution in [1.82, 2.24) is 10.6 Å². The summed E-state index contributed by atoms with van der Waals surface area (Å²) in [6.07, 6.45) is 4.80. The van der Waals surface area contributed by atoms with Gasteiger partial charge in [-0.15, -0.1) is 0 Å². The average Bonchev–Trinajstić information content (AvgIpc) is 2.89. The number of hydrogen-bond donors (Lipinski definition) is 3. The summed E-state index contributed by atoms with van der Waals surface area (Å²) < 4.78 is 0. The summed E-state index contributed by atoms with van der Waals surface area (Å²) in [4.78, 5) is 11.7. The van der Waals surface area contributed by atoms with Crippen LogP contribution >= 0.6 is 23.2 Å². The van der Waals surface area contributed by atoms with Crippen LogP contribution in [0.1, 0.15) is 24.5 Å². The molecule has 2 amide bonds. The van der Waals surface area contributed by atoms with Gasteiger partial charge >= 0.3 is 6.03 Å². The number of aliphatic hydroxyl groups excluding tert-OH is 1. The van der Waals surface area contributed by atoms with Crippen molar-refractivity contribution in [1.29, 1.82) is 0 Å². The first-order valence-electron chi connectivity index (χ1n) is 6.39. The van der Waals surface area contributed by atoms with E-state index in [1.165, 1.54) is 0 Å². The number of amides is 2. The predicted molar refractivity (Wildman–Crippen MR) is 80.1 cm³/mol. The largest absolute Gasteiger partial charge is 0.386 e. The van der Waals surface area contributed by atoms with Crippen molar-refractivity contribution in [3.8, 4) is 0 Å². The number of carbonyl (C=O) groups excluding carboxylic acids is 1. The van der Waals surface area contributed by atoms with E-state index in [2.05, 4.69) is 10.6 Å². The van der Waals surface area contributed by atoms with Gasteiger partial charge in [-0.3, -0.25) is 0 Å². The molecule has 6 heteroatoms. The van der Waals surface area contributed by atoms with Gasteiger partial charge in [-0.2, -0.15) is 0 Å². The number of halogens is 2. The monoisotopic (exact) mass is 314 g/mol. The van der Waals surface area contributed by atoms with Gasteiger partial charge in [0.25, 0.3) is 0 Å². The molecule has 1 atom stereocenters. The van der Waals surface area contributed by atoms with Crippen molar-refractivity contribution in [3.63, 3.8) is 0 Å². The van der Waals surface area contributed by atoms with Gasteiger partial charge in [-0.25, -0.2) is 4.79 Å². The van der Waals surface area contributed by atoms with Gasteiger partial charge in [0.05, 0.1) is 6.10 Å². The molecule has 0 fully saturated rings. The van der Waals surface area contributed by atoms with Gasteiger partial charge in [0.2, 0.25) is 0 Å². The minimum absolute atomic E-state index is 0.0510. The Morgan fingerprint density at radius 1 is 1.30 bits per heavy atom. The Hall–Kier alpha value is -1.23. The zero-order chi connectivity index (χ0) is 14.5. The summed E-state index contributed by atoms with van der Waals surface area (Å²) in [6.45, 7) is 0.0510. The summed E-state index contributed by atoms with van der Waals surface area (Å²) in [5.74, 6) is 0. The molecule has 1 aliphatic carbocycles. The zero-order valence-corrected chi connectivity index (χ0v) is 12.3. The van der Waals surface area contributed by atoms with Gasteiger partial charge in [0.1, 0.15) is 0 Å². The SMILES string of the molecule is O=C(NCC(O)c1c(Cl)cccc1Cl)NC1CC=CC1. The average molecular weight is 315 g/mol. The van der Waals surface area contributed by atoms with E-state index in [9.17, 15) is 9.90 Å². The lowest BCUT2D eigenvalue weighted by Crippen LogP contribution is -2.42. The van der Waals surface area contributed by atoms with Crippen LogP contribution in [0.3, 0.4) is 0 Å². The number of urea groups is 1. The highest BCUT2D eigenvalue weighted by Gasteiger charge is 2.17. The Kier molecular flexibility index (Phi) is 5.29. The van der Waals surface area contributed by atoms with Crippen molar-refractivity contribution >= 4 is 29.2 Å². The van der Waals surface area contributed by atoms with Crippen LogP contribution in [0.5, 0.6) is 0 Å². The van der Waals surface area contributed by atoms with E-state index in [4.69, 9.17) is 23.2 Å². The maximum absolute atomic E-state index is 11.7. The van der Waals surface area contributed by atoms with Gasteiger partial charge in [-0.1, -0.05) is 41.4 Å². The van der Waals surface area contributed by atoms with Crippen LogP contribution < -0.4 is 10.6 Å². The highest BCUT2D eigenvalue weighted by atomic mass is 35.5. The summed E-state index contributed by atoms with van der Waals surface area (Å²) >= 11 is 12.0. The molecule has 0 bridgehead atoms. The number of nitrogens with one attached hydrogen (secondary N) is 2. The Labute approximate surface area is 127 Å². The summed E-state index contributed by atoms with van der Waals surface area (Å²) in [7, 11) is 0. The molecule has 1 aliphatic rings. The highest BCUT2D eigenvalue weighted by molar-refractivity contribution is 6.36. The van der Waals surface area contributed by atoms with Crippen molar-refractivity contribution in [2.24, 2.45) is 0 Å². The Morgan fingerprint density at radius 3 is 2.50 bits per heavy atom. The fourth-order valence-electron chi connectivity index (χ4n) is 2.09. The van der Waals surface area contributed by atoms with E-state index < -0.39 is 6.10 Å². The maximum atomic E-state index is 11.7. The van der Waals surface area contributed by atoms with Crippen LogP contribution in [0, 0.1) is 0 Å². The third kappa shape index (κ3) is 3.88. The molecule has 4 nitrogen and oxygen atoms in total. The van der Waals surface area contributed by atoms with Crippen LogP contribution in [0.4, 0.5) is 4.79 Å². The Morgan fingerprint density at radius 2 is 1.90 bits per heavy atom. The first kappa shape index (κ1) is 15.2. The molecule has 0 spiro atoms. The van der Waals surface area contributed by atoms with E-state index in [1.807, 2.05) is 12.2 Å². The standard InChI is InChI=1S/C14H16Cl2N2O2/c15-10-6-3-7-11(16)13(10)12(19)8-17-14(20)18-9-4-1-2-5-9/h1-3,6-7,9,12,19H,4-5,8H2,(H2,17,18,20). The molecule has 0 saturated carbocycles. The van der Waals surface area contributed by atoms with Gasteiger partial charge in [0, 0.05) is 28.2 Å². The van der Waals surface area contributed by atoms with Crippen LogP contribution in [0.15, 0.2) is 30.4 Å². The molecule has 108 valence electrons. The lowest BCUT2D eigenvalue weighted by molar-refractivity contribution is 0.172. The quantitative estimate of drug-likeness (QED) is 0.748.